The molecule has 0 aliphatic heterocycles. The van der Waals surface area contributed by atoms with Crippen LogP contribution >= 0.6 is 23.4 Å². The fourth-order valence-corrected chi connectivity index (χ4v) is 2.59. The van der Waals surface area contributed by atoms with E-state index in [0.29, 0.717) is 32.6 Å². The monoisotopic (exact) mass is 318 g/mol. The summed E-state index contributed by atoms with van der Waals surface area (Å²) >= 11 is 7.41. The van der Waals surface area contributed by atoms with Crippen LogP contribution in [-0.4, -0.2) is 20.8 Å². The molecular formula is C14H11ClN4OS. The number of aromatic nitrogens is 3. The molecule has 3 aromatic rings. The van der Waals surface area contributed by atoms with Crippen LogP contribution in [0.1, 0.15) is 0 Å². The molecule has 5 nitrogen and oxygen atoms in total. The van der Waals surface area contributed by atoms with Gasteiger partial charge in [0.15, 0.2) is 10.8 Å². The summed E-state index contributed by atoms with van der Waals surface area (Å²) in [7, 11) is 0. The Morgan fingerprint density at radius 3 is 2.86 bits per heavy atom. The van der Waals surface area contributed by atoms with Crippen molar-refractivity contribution in [2.45, 2.75) is 5.16 Å². The minimum absolute atomic E-state index is 0.256. The first-order valence-electron chi connectivity index (χ1n) is 6.08. The number of nitrogen functional groups attached to an aromatic ring is 1. The normalized spacial score (nSPS) is 11.0. The van der Waals surface area contributed by atoms with E-state index in [4.69, 9.17) is 17.3 Å². The highest BCUT2D eigenvalue weighted by molar-refractivity contribution is 7.98. The highest BCUT2D eigenvalue weighted by atomic mass is 35.5. The first-order valence-corrected chi connectivity index (χ1v) is 7.68. The topological polar surface area (TPSA) is 73.8 Å². The lowest BCUT2D eigenvalue weighted by molar-refractivity contribution is 0.939. The second-order valence-corrected chi connectivity index (χ2v) is 5.56. The minimum atomic E-state index is -0.256. The average Bonchev–Trinajstić information content (AvgIpc) is 2.46. The van der Waals surface area contributed by atoms with Crippen LogP contribution in [0.2, 0.25) is 5.02 Å². The van der Waals surface area contributed by atoms with Crippen LogP contribution in [0.15, 0.2) is 46.5 Å². The molecule has 0 unspecified atom stereocenters. The molecule has 2 aromatic heterocycles. The Balaban J connectivity index is 2.43. The van der Waals surface area contributed by atoms with Gasteiger partial charge in [-0.15, -0.1) is 0 Å². The van der Waals surface area contributed by atoms with Gasteiger partial charge in [0.1, 0.15) is 0 Å². The Hall–Kier alpha value is -2.05. The number of hydrogen-bond acceptors (Lipinski definition) is 5. The van der Waals surface area contributed by atoms with E-state index < -0.39 is 0 Å². The molecule has 2 heterocycles. The number of benzene rings is 1. The number of nitrogens with zero attached hydrogens (tertiary/aromatic N) is 3. The lowest BCUT2D eigenvalue weighted by atomic mass is 10.2. The number of thioether (sulfide) groups is 1. The van der Waals surface area contributed by atoms with Crippen molar-refractivity contribution in [3.8, 4) is 5.69 Å². The molecule has 0 radical (unpaired) electrons. The summed E-state index contributed by atoms with van der Waals surface area (Å²) in [5.41, 5.74) is 7.12. The average molecular weight is 319 g/mol. The second kappa shape index (κ2) is 5.38. The molecule has 0 amide bonds. The largest absolute Gasteiger partial charge is 0.398 e. The molecule has 0 saturated carbocycles. The Morgan fingerprint density at radius 2 is 2.14 bits per heavy atom. The number of anilines is 1. The predicted molar refractivity (Wildman–Crippen MR) is 86.3 cm³/mol. The van der Waals surface area contributed by atoms with Crippen LogP contribution in [0.5, 0.6) is 0 Å². The molecule has 106 valence electrons. The molecule has 0 aliphatic rings. The standard InChI is InChI=1S/C14H11ClN4OS/c1-21-14-17-7-10-11(16)6-12(20)19(13(10)18-14)9-4-2-3-8(15)5-9/h2-7H,16H2,1H3. The van der Waals surface area contributed by atoms with Crippen LogP contribution in [0.25, 0.3) is 16.7 Å². The molecule has 21 heavy (non-hydrogen) atoms. The van der Waals surface area contributed by atoms with Gasteiger partial charge < -0.3 is 5.73 Å². The zero-order valence-corrected chi connectivity index (χ0v) is 12.6. The van der Waals surface area contributed by atoms with Crippen LogP contribution in [0.4, 0.5) is 5.69 Å². The number of nitrogens with two attached hydrogens (primary N) is 1. The SMILES string of the molecule is CSc1ncc2c(N)cc(=O)n(-c3cccc(Cl)c3)c2n1. The fourth-order valence-electron chi connectivity index (χ4n) is 2.07. The third-order valence-electron chi connectivity index (χ3n) is 3.02. The van der Waals surface area contributed by atoms with E-state index in [9.17, 15) is 4.79 Å². The van der Waals surface area contributed by atoms with E-state index in [1.807, 2.05) is 6.26 Å². The van der Waals surface area contributed by atoms with Crippen molar-refractivity contribution < 1.29 is 0 Å². The molecule has 2 N–H and O–H groups in total. The first-order chi connectivity index (χ1) is 10.1. The highest BCUT2D eigenvalue weighted by Crippen LogP contribution is 2.22. The van der Waals surface area contributed by atoms with Gasteiger partial charge in [0.05, 0.1) is 11.1 Å². The van der Waals surface area contributed by atoms with E-state index in [1.165, 1.54) is 22.4 Å². The van der Waals surface area contributed by atoms with Crippen LogP contribution in [0.3, 0.4) is 0 Å². The summed E-state index contributed by atoms with van der Waals surface area (Å²) < 4.78 is 1.49. The van der Waals surface area contributed by atoms with Crippen molar-refractivity contribution in [2.75, 3.05) is 12.0 Å². The molecular weight excluding hydrogens is 308 g/mol. The molecule has 0 fully saturated rings. The smallest absolute Gasteiger partial charge is 0.258 e. The lowest BCUT2D eigenvalue weighted by Gasteiger charge is -2.11. The maximum absolute atomic E-state index is 12.3. The quantitative estimate of drug-likeness (QED) is 0.581. The van der Waals surface area contributed by atoms with Gasteiger partial charge in [0.25, 0.3) is 5.56 Å². The summed E-state index contributed by atoms with van der Waals surface area (Å²) in [6.07, 6.45) is 3.50. The Labute approximate surface area is 129 Å². The van der Waals surface area contributed by atoms with E-state index >= 15 is 0 Å². The van der Waals surface area contributed by atoms with Crippen molar-refractivity contribution in [3.63, 3.8) is 0 Å². The number of hydrogen-bond donors (Lipinski definition) is 1. The molecule has 3 rings (SSSR count). The maximum Gasteiger partial charge on any atom is 0.258 e. The van der Waals surface area contributed by atoms with E-state index in [1.54, 1.807) is 30.5 Å². The van der Waals surface area contributed by atoms with Crippen molar-refractivity contribution >= 4 is 40.1 Å². The van der Waals surface area contributed by atoms with E-state index in [0.717, 1.165) is 0 Å². The second-order valence-electron chi connectivity index (χ2n) is 4.35. The third kappa shape index (κ3) is 2.48. The Kier molecular flexibility index (Phi) is 3.57. The Morgan fingerprint density at radius 1 is 1.33 bits per heavy atom. The molecule has 7 heteroatoms. The molecule has 0 atom stereocenters. The molecule has 1 aromatic carbocycles. The number of halogens is 1. The number of pyridine rings is 1. The van der Waals surface area contributed by atoms with Crippen molar-refractivity contribution in [3.05, 3.63) is 51.9 Å². The summed E-state index contributed by atoms with van der Waals surface area (Å²) in [6.45, 7) is 0. The van der Waals surface area contributed by atoms with Gasteiger partial charge in [0.2, 0.25) is 0 Å². The maximum atomic E-state index is 12.3. The number of fused-ring (bicyclic) bond motifs is 1. The van der Waals surface area contributed by atoms with Gasteiger partial charge in [0, 0.05) is 23.0 Å². The van der Waals surface area contributed by atoms with Crippen LogP contribution in [-0.2, 0) is 0 Å². The zero-order valence-electron chi connectivity index (χ0n) is 11.1. The molecule has 0 spiro atoms. The van der Waals surface area contributed by atoms with Crippen LogP contribution in [0, 0.1) is 0 Å². The van der Waals surface area contributed by atoms with Crippen LogP contribution < -0.4 is 11.3 Å². The van der Waals surface area contributed by atoms with Gasteiger partial charge in [-0.3, -0.25) is 9.36 Å². The summed E-state index contributed by atoms with van der Waals surface area (Å²) in [5.74, 6) is 0. The Bertz CT molecular complexity index is 894. The first kappa shape index (κ1) is 13.9. The fraction of sp³-hybridized carbons (Fsp3) is 0.0714. The van der Waals surface area contributed by atoms with Crippen molar-refractivity contribution in [1.29, 1.82) is 0 Å². The predicted octanol–water partition coefficient (Wildman–Crippen LogP) is 2.74. The molecule has 0 saturated heterocycles. The molecule has 0 aliphatic carbocycles. The molecule has 0 bridgehead atoms. The van der Waals surface area contributed by atoms with Crippen molar-refractivity contribution in [2.24, 2.45) is 0 Å². The van der Waals surface area contributed by atoms with Crippen molar-refractivity contribution in [1.82, 2.24) is 14.5 Å². The summed E-state index contributed by atoms with van der Waals surface area (Å²) in [4.78, 5) is 20.9. The lowest BCUT2D eigenvalue weighted by Crippen LogP contribution is -2.20. The van der Waals surface area contributed by atoms with Gasteiger partial charge in [-0.1, -0.05) is 29.4 Å². The van der Waals surface area contributed by atoms with Gasteiger partial charge in [-0.25, -0.2) is 9.97 Å². The van der Waals surface area contributed by atoms with Gasteiger partial charge in [-0.05, 0) is 24.5 Å². The summed E-state index contributed by atoms with van der Waals surface area (Å²) in [5, 5.41) is 1.75. The number of rotatable bonds is 2. The summed E-state index contributed by atoms with van der Waals surface area (Å²) in [6, 6.07) is 8.40. The van der Waals surface area contributed by atoms with E-state index in [2.05, 4.69) is 9.97 Å². The van der Waals surface area contributed by atoms with E-state index in [-0.39, 0.29) is 5.56 Å². The highest BCUT2D eigenvalue weighted by Gasteiger charge is 2.12. The van der Waals surface area contributed by atoms with Gasteiger partial charge >= 0.3 is 0 Å². The zero-order chi connectivity index (χ0) is 15.0. The third-order valence-corrected chi connectivity index (χ3v) is 3.81. The minimum Gasteiger partial charge on any atom is -0.398 e. The van der Waals surface area contributed by atoms with Gasteiger partial charge in [-0.2, -0.15) is 0 Å².